The van der Waals surface area contributed by atoms with Gasteiger partial charge in [-0.3, -0.25) is 4.79 Å². The van der Waals surface area contributed by atoms with Crippen LogP contribution in [0.4, 0.5) is 26.3 Å². The molecule has 1 aromatic heterocycles. The maximum atomic E-state index is 16.4. The number of hydrogen-bond acceptors (Lipinski definition) is 7. The minimum Gasteiger partial charge on any atom is -0.484 e. The second-order valence-electron chi connectivity index (χ2n) is 11.8. The normalized spacial score (nSPS) is 27.5. The molecule has 7 rings (SSSR count). The van der Waals surface area contributed by atoms with Gasteiger partial charge >= 0.3 is 5.92 Å². The highest BCUT2D eigenvalue weighted by atomic mass is 19.3. The highest BCUT2D eigenvalue weighted by molar-refractivity contribution is 5.77. The minimum absolute atomic E-state index is 0.00126. The predicted octanol–water partition coefficient (Wildman–Crippen LogP) is 3.20. The van der Waals surface area contributed by atoms with Gasteiger partial charge in [-0.15, -0.1) is 5.10 Å². The summed E-state index contributed by atoms with van der Waals surface area (Å²) in [6, 6.07) is 8.20. The van der Waals surface area contributed by atoms with E-state index in [-0.39, 0.29) is 38.0 Å². The zero-order chi connectivity index (χ0) is 30.8. The number of carbonyl (C=O) groups is 1. The summed E-state index contributed by atoms with van der Waals surface area (Å²) in [5.74, 6) is -10.2. The number of halogens is 6. The molecule has 1 unspecified atom stereocenters. The Kier molecular flexibility index (Phi) is 6.76. The fraction of sp³-hybridized carbons (Fsp3) is 0.500. The maximum Gasteiger partial charge on any atom is 0.301 e. The first-order valence-electron chi connectivity index (χ1n) is 13.5. The van der Waals surface area contributed by atoms with Crippen LogP contribution in [0, 0.1) is 17.0 Å². The van der Waals surface area contributed by atoms with Crippen molar-refractivity contribution in [3.05, 3.63) is 71.6 Å². The van der Waals surface area contributed by atoms with Crippen LogP contribution < -0.4 is 4.74 Å². The Morgan fingerprint density at radius 2 is 1.79 bits per heavy atom. The van der Waals surface area contributed by atoms with Crippen molar-refractivity contribution in [1.29, 1.82) is 0 Å². The lowest BCUT2D eigenvalue weighted by Crippen LogP contribution is -2.76. The third kappa shape index (κ3) is 4.55. The molecule has 3 aliphatic carbocycles. The van der Waals surface area contributed by atoms with E-state index in [4.69, 9.17) is 9.84 Å². The van der Waals surface area contributed by atoms with Crippen molar-refractivity contribution in [2.24, 2.45) is 5.41 Å². The zero-order valence-electron chi connectivity index (χ0n) is 22.6. The number of carbonyl (C=O) groups excluding carboxylic acids is 1. The lowest BCUT2D eigenvalue weighted by atomic mass is 9.30. The van der Waals surface area contributed by atoms with Crippen LogP contribution in [-0.4, -0.2) is 78.9 Å². The lowest BCUT2D eigenvalue weighted by molar-refractivity contribution is -0.347. The van der Waals surface area contributed by atoms with Gasteiger partial charge in [-0.1, -0.05) is 12.1 Å². The van der Waals surface area contributed by atoms with Crippen LogP contribution in [0.2, 0.25) is 0 Å². The molecule has 15 heteroatoms. The fourth-order valence-corrected chi connectivity index (χ4v) is 6.96. The number of tetrazole rings is 1. The molecule has 2 bridgehead atoms. The number of piperidine rings is 1. The molecule has 3 aromatic rings. The van der Waals surface area contributed by atoms with Gasteiger partial charge in [0.15, 0.2) is 11.7 Å². The molecule has 230 valence electrons. The summed E-state index contributed by atoms with van der Waals surface area (Å²) in [6.07, 6.45) is -0.758. The van der Waals surface area contributed by atoms with Crippen molar-refractivity contribution in [2.75, 3.05) is 19.7 Å². The number of likely N-dealkylation sites (tertiary alicyclic amines) is 1. The van der Waals surface area contributed by atoms with Crippen LogP contribution in [0.5, 0.6) is 5.75 Å². The molecule has 4 fully saturated rings. The Hall–Kier alpha value is -3.72. The van der Waals surface area contributed by atoms with E-state index in [1.54, 1.807) is 12.1 Å². The van der Waals surface area contributed by atoms with Gasteiger partial charge in [0.05, 0.1) is 13.1 Å². The molecule has 1 amide bonds. The number of aliphatic hydroxyl groups excluding tert-OH is 1. The van der Waals surface area contributed by atoms with E-state index in [9.17, 15) is 27.5 Å². The van der Waals surface area contributed by atoms with Crippen LogP contribution >= 0.6 is 0 Å². The second-order valence-corrected chi connectivity index (χ2v) is 11.8. The Morgan fingerprint density at radius 1 is 1.09 bits per heavy atom. The summed E-state index contributed by atoms with van der Waals surface area (Å²) in [5, 5.41) is 30.7. The van der Waals surface area contributed by atoms with Crippen LogP contribution in [-0.2, 0) is 22.4 Å². The third-order valence-electron chi connectivity index (χ3n) is 9.14. The Morgan fingerprint density at radius 3 is 2.37 bits per heavy atom. The van der Waals surface area contributed by atoms with Crippen molar-refractivity contribution >= 4 is 5.91 Å². The average Bonchev–Trinajstić information content (AvgIpc) is 3.41. The molecule has 3 saturated carbocycles. The van der Waals surface area contributed by atoms with Crippen molar-refractivity contribution in [2.45, 2.75) is 61.2 Å². The molecule has 1 aliphatic heterocycles. The number of amides is 1. The van der Waals surface area contributed by atoms with E-state index in [1.165, 1.54) is 12.1 Å². The minimum atomic E-state index is -3.88. The van der Waals surface area contributed by atoms with E-state index in [0.29, 0.717) is 11.6 Å². The first kappa shape index (κ1) is 29.4. The summed E-state index contributed by atoms with van der Waals surface area (Å²) in [6.45, 7) is -2.62. The topological polar surface area (TPSA) is 114 Å². The number of hydrogen-bond donors (Lipinski definition) is 2. The quantitative estimate of drug-likeness (QED) is 0.358. The van der Waals surface area contributed by atoms with Gasteiger partial charge in [-0.2, -0.15) is 0 Å². The van der Waals surface area contributed by atoms with Gasteiger partial charge in [0, 0.05) is 30.0 Å². The van der Waals surface area contributed by atoms with Crippen molar-refractivity contribution < 1.29 is 46.1 Å². The van der Waals surface area contributed by atoms with Gasteiger partial charge in [-0.05, 0) is 64.9 Å². The molecule has 2 atom stereocenters. The summed E-state index contributed by atoms with van der Waals surface area (Å²) in [7, 11) is 0. The number of aromatic nitrogens is 4. The molecule has 0 radical (unpaired) electrons. The standard InChI is InChI=1S/C28H27F6N5O4/c29-18-3-6-20(21(30)9-18)26(42,14-39-16-35-36-37-39)28(33,34)25-11-24(12-25,13-25)17-1-4-19(5-2-17)43-22-7-8-38(23(41)10-40)15-27(22,31)32/h1-6,9,16,22,40,42H,7-8,10-15H2/t22?,24?,25?,26-/m1/s1. The number of rotatable bonds is 9. The molecule has 0 spiro atoms. The smallest absolute Gasteiger partial charge is 0.301 e. The maximum absolute atomic E-state index is 16.4. The SMILES string of the molecule is O=C(CO)N1CCC(Oc2ccc(C34CC(C(F)(F)[C@@](O)(Cn5cnnn5)c5ccc(F)cc5F)(C3)C4)cc2)C(F)(F)C1. The van der Waals surface area contributed by atoms with Crippen LogP contribution in [0.15, 0.2) is 48.8 Å². The van der Waals surface area contributed by atoms with E-state index >= 15 is 8.78 Å². The molecule has 43 heavy (non-hydrogen) atoms. The first-order chi connectivity index (χ1) is 20.2. The number of aliphatic hydroxyl groups is 2. The van der Waals surface area contributed by atoms with Crippen LogP contribution in [0.1, 0.15) is 36.8 Å². The lowest BCUT2D eigenvalue weighted by Gasteiger charge is -2.74. The molecule has 4 aliphatic rings. The average molecular weight is 612 g/mol. The number of alkyl halides is 4. The summed E-state index contributed by atoms with van der Waals surface area (Å²) in [5.41, 5.74) is -5.54. The number of benzene rings is 2. The van der Waals surface area contributed by atoms with E-state index in [1.807, 2.05) is 0 Å². The molecule has 2 N–H and O–H groups in total. The van der Waals surface area contributed by atoms with E-state index in [0.717, 1.165) is 28.0 Å². The monoisotopic (exact) mass is 611 g/mol. The molecule has 2 aromatic carbocycles. The Labute approximate surface area is 241 Å². The van der Waals surface area contributed by atoms with E-state index in [2.05, 4.69) is 15.5 Å². The number of ether oxygens (including phenoxy) is 1. The summed E-state index contributed by atoms with van der Waals surface area (Å²) in [4.78, 5) is 12.5. The number of nitrogens with zero attached hydrogens (tertiary/aromatic N) is 5. The Bertz CT molecular complexity index is 1500. The predicted molar refractivity (Wildman–Crippen MR) is 135 cm³/mol. The molecule has 9 nitrogen and oxygen atoms in total. The summed E-state index contributed by atoms with van der Waals surface area (Å²) >= 11 is 0. The Balaban J connectivity index is 1.17. The third-order valence-corrected chi connectivity index (χ3v) is 9.14. The first-order valence-corrected chi connectivity index (χ1v) is 13.5. The van der Waals surface area contributed by atoms with Crippen LogP contribution in [0.25, 0.3) is 0 Å². The van der Waals surface area contributed by atoms with Gasteiger partial charge < -0.3 is 19.8 Å². The van der Waals surface area contributed by atoms with Crippen LogP contribution in [0.3, 0.4) is 0 Å². The summed E-state index contributed by atoms with van der Waals surface area (Å²) < 4.78 is 96.8. The van der Waals surface area contributed by atoms with E-state index < -0.39 is 77.2 Å². The molecule has 1 saturated heterocycles. The fourth-order valence-electron chi connectivity index (χ4n) is 6.96. The highest BCUT2D eigenvalue weighted by Crippen LogP contribution is 2.80. The van der Waals surface area contributed by atoms with Crippen molar-refractivity contribution in [3.8, 4) is 5.75 Å². The van der Waals surface area contributed by atoms with Gasteiger partial charge in [-0.25, -0.2) is 31.0 Å². The van der Waals surface area contributed by atoms with Gasteiger partial charge in [0.2, 0.25) is 5.91 Å². The van der Waals surface area contributed by atoms with Gasteiger partial charge in [0.1, 0.15) is 30.3 Å². The second kappa shape index (κ2) is 9.91. The molecular weight excluding hydrogens is 584 g/mol. The highest BCUT2D eigenvalue weighted by Gasteiger charge is 2.82. The van der Waals surface area contributed by atoms with Crippen molar-refractivity contribution in [3.63, 3.8) is 0 Å². The zero-order valence-corrected chi connectivity index (χ0v) is 22.6. The molecular formula is C28H27F6N5O4. The van der Waals surface area contributed by atoms with Crippen molar-refractivity contribution in [1.82, 2.24) is 25.1 Å². The largest absolute Gasteiger partial charge is 0.484 e. The molecule has 2 heterocycles. The van der Waals surface area contributed by atoms with Gasteiger partial charge in [0.25, 0.3) is 5.92 Å².